The van der Waals surface area contributed by atoms with Gasteiger partial charge in [-0.25, -0.2) is 0 Å². The molecule has 0 spiro atoms. The van der Waals surface area contributed by atoms with E-state index in [1.54, 1.807) is 26.0 Å². The molecular formula is C16H25NO2S. The highest BCUT2D eigenvalue weighted by Crippen LogP contribution is 2.40. The first-order chi connectivity index (χ1) is 9.51. The molecule has 0 radical (unpaired) electrons. The number of methoxy groups -OCH3 is 2. The maximum absolute atomic E-state index is 5.41. The molecule has 0 saturated heterocycles. The predicted molar refractivity (Wildman–Crippen MR) is 85.0 cm³/mol. The van der Waals surface area contributed by atoms with E-state index in [0.29, 0.717) is 0 Å². The van der Waals surface area contributed by atoms with E-state index in [2.05, 4.69) is 37.6 Å². The molecule has 0 atom stereocenters. The summed E-state index contributed by atoms with van der Waals surface area (Å²) < 4.78 is 10.8. The van der Waals surface area contributed by atoms with Crippen LogP contribution in [0.2, 0.25) is 0 Å². The molecule has 0 unspecified atom stereocenters. The van der Waals surface area contributed by atoms with Gasteiger partial charge < -0.3 is 14.8 Å². The lowest BCUT2D eigenvalue weighted by molar-refractivity contribution is 0.335. The summed E-state index contributed by atoms with van der Waals surface area (Å²) in [5, 5.41) is 3.69. The van der Waals surface area contributed by atoms with Crippen molar-refractivity contribution in [3.8, 4) is 11.5 Å². The van der Waals surface area contributed by atoms with Crippen LogP contribution in [0.5, 0.6) is 11.5 Å². The van der Waals surface area contributed by atoms with Gasteiger partial charge in [0, 0.05) is 17.0 Å². The fourth-order valence-electron chi connectivity index (χ4n) is 2.50. The second-order valence-corrected chi connectivity index (χ2v) is 6.72. The second kappa shape index (κ2) is 6.27. The zero-order valence-electron chi connectivity index (χ0n) is 13.1. The number of ether oxygens (including phenoxy) is 2. The summed E-state index contributed by atoms with van der Waals surface area (Å²) in [6, 6.07) is 4.14. The zero-order valence-corrected chi connectivity index (χ0v) is 13.9. The summed E-state index contributed by atoms with van der Waals surface area (Å²) in [6.07, 6.45) is 4.79. The molecule has 2 rings (SSSR count). The first kappa shape index (κ1) is 15.5. The lowest BCUT2D eigenvalue weighted by Crippen LogP contribution is -2.40. The fourth-order valence-corrected chi connectivity index (χ4v) is 3.12. The van der Waals surface area contributed by atoms with Gasteiger partial charge in [-0.3, -0.25) is 0 Å². The van der Waals surface area contributed by atoms with E-state index in [9.17, 15) is 0 Å². The lowest BCUT2D eigenvalue weighted by Gasteiger charge is -2.27. The lowest BCUT2D eigenvalue weighted by atomic mass is 9.98. The van der Waals surface area contributed by atoms with Gasteiger partial charge in [0.05, 0.1) is 14.2 Å². The summed E-state index contributed by atoms with van der Waals surface area (Å²) in [7, 11) is 3.36. The van der Waals surface area contributed by atoms with Gasteiger partial charge in [0.1, 0.15) is 0 Å². The molecule has 1 saturated carbocycles. The van der Waals surface area contributed by atoms with Gasteiger partial charge in [-0.2, -0.15) is 0 Å². The molecule has 20 heavy (non-hydrogen) atoms. The minimum Gasteiger partial charge on any atom is -0.493 e. The summed E-state index contributed by atoms with van der Waals surface area (Å²) in [6.45, 7) is 5.45. The molecule has 0 aromatic heterocycles. The number of hydrogen-bond acceptors (Lipinski definition) is 4. The third-order valence-corrected chi connectivity index (χ3v) is 4.94. The Kier molecular flexibility index (Phi) is 4.86. The van der Waals surface area contributed by atoms with Crippen molar-refractivity contribution in [1.29, 1.82) is 0 Å². The average Bonchev–Trinajstić information content (AvgIpc) is 3.29. The number of hydrogen-bond donors (Lipinski definition) is 1. The molecule has 1 fully saturated rings. The maximum atomic E-state index is 5.41. The van der Waals surface area contributed by atoms with Crippen LogP contribution in [-0.2, 0) is 6.54 Å². The molecule has 0 aliphatic heterocycles. The fraction of sp³-hybridized carbons (Fsp3) is 0.625. The Morgan fingerprint density at radius 1 is 1.20 bits per heavy atom. The van der Waals surface area contributed by atoms with Gasteiger partial charge >= 0.3 is 0 Å². The highest BCUT2D eigenvalue weighted by atomic mass is 32.2. The van der Waals surface area contributed by atoms with Gasteiger partial charge in [-0.1, -0.05) is 0 Å². The van der Waals surface area contributed by atoms with Crippen molar-refractivity contribution < 1.29 is 9.47 Å². The molecule has 1 aliphatic carbocycles. The van der Waals surface area contributed by atoms with Crippen LogP contribution in [0.25, 0.3) is 0 Å². The quantitative estimate of drug-likeness (QED) is 0.777. The van der Waals surface area contributed by atoms with Crippen LogP contribution in [0.4, 0.5) is 0 Å². The van der Waals surface area contributed by atoms with E-state index in [-0.39, 0.29) is 5.54 Å². The van der Waals surface area contributed by atoms with Crippen LogP contribution < -0.4 is 14.8 Å². The Balaban J connectivity index is 2.17. The molecule has 1 aliphatic rings. The summed E-state index contributed by atoms with van der Waals surface area (Å²) in [5.41, 5.74) is 1.48. The van der Waals surface area contributed by atoms with Crippen LogP contribution in [0.15, 0.2) is 17.0 Å². The summed E-state index contributed by atoms with van der Waals surface area (Å²) in [4.78, 5) is 1.24. The molecule has 0 bridgehead atoms. The second-order valence-electron chi connectivity index (χ2n) is 5.87. The highest BCUT2D eigenvalue weighted by Gasteiger charge is 2.37. The van der Waals surface area contributed by atoms with Crippen molar-refractivity contribution in [3.63, 3.8) is 0 Å². The third kappa shape index (κ3) is 3.41. The van der Waals surface area contributed by atoms with Crippen LogP contribution in [0.3, 0.4) is 0 Å². The molecule has 0 amide bonds. The smallest absolute Gasteiger partial charge is 0.161 e. The predicted octanol–water partition coefficient (Wildman–Crippen LogP) is 3.70. The van der Waals surface area contributed by atoms with Crippen molar-refractivity contribution in [1.82, 2.24) is 5.32 Å². The Bertz CT molecular complexity index is 470. The zero-order chi connectivity index (χ0) is 14.8. The summed E-state index contributed by atoms with van der Waals surface area (Å²) in [5.74, 6) is 2.41. The van der Waals surface area contributed by atoms with Gasteiger partial charge in [0.2, 0.25) is 0 Å². The molecule has 4 heteroatoms. The Labute approximate surface area is 126 Å². The highest BCUT2D eigenvalue weighted by molar-refractivity contribution is 7.98. The maximum Gasteiger partial charge on any atom is 0.161 e. The van der Waals surface area contributed by atoms with E-state index >= 15 is 0 Å². The SMILES string of the molecule is COc1cc(CNC(C)(C)C2CC2)c(SC)cc1OC. The molecule has 0 heterocycles. The van der Waals surface area contributed by atoms with E-state index in [0.717, 1.165) is 24.0 Å². The van der Waals surface area contributed by atoms with E-state index in [4.69, 9.17) is 9.47 Å². The van der Waals surface area contributed by atoms with Crippen LogP contribution in [0.1, 0.15) is 32.3 Å². The van der Waals surface area contributed by atoms with Crippen molar-refractivity contribution in [2.45, 2.75) is 43.7 Å². The molecule has 1 aromatic rings. The van der Waals surface area contributed by atoms with Gasteiger partial charge in [0.25, 0.3) is 0 Å². The topological polar surface area (TPSA) is 30.5 Å². The normalized spacial score (nSPS) is 15.2. The van der Waals surface area contributed by atoms with Crippen molar-refractivity contribution in [3.05, 3.63) is 17.7 Å². The Morgan fingerprint density at radius 3 is 2.30 bits per heavy atom. The first-order valence-corrected chi connectivity index (χ1v) is 8.28. The van der Waals surface area contributed by atoms with E-state index in [1.807, 2.05) is 0 Å². The minimum atomic E-state index is 0.211. The standard InChI is InChI=1S/C16H25NO2S/c1-16(2,12-6-7-12)17-10-11-8-13(18-3)14(19-4)9-15(11)20-5/h8-9,12,17H,6-7,10H2,1-5H3. The van der Waals surface area contributed by atoms with Crippen molar-refractivity contribution in [2.75, 3.05) is 20.5 Å². The van der Waals surface area contributed by atoms with Crippen LogP contribution in [-0.4, -0.2) is 26.0 Å². The number of benzene rings is 1. The van der Waals surface area contributed by atoms with E-state index in [1.165, 1.54) is 23.3 Å². The Morgan fingerprint density at radius 2 is 1.80 bits per heavy atom. The largest absolute Gasteiger partial charge is 0.493 e. The van der Waals surface area contributed by atoms with Crippen molar-refractivity contribution >= 4 is 11.8 Å². The number of thioether (sulfide) groups is 1. The number of nitrogens with one attached hydrogen (secondary N) is 1. The first-order valence-electron chi connectivity index (χ1n) is 7.05. The average molecular weight is 295 g/mol. The molecule has 1 aromatic carbocycles. The van der Waals surface area contributed by atoms with Gasteiger partial charge in [-0.15, -0.1) is 11.8 Å². The third-order valence-electron chi connectivity index (χ3n) is 4.12. The molecule has 112 valence electrons. The summed E-state index contributed by atoms with van der Waals surface area (Å²) >= 11 is 1.74. The molecular weight excluding hydrogens is 270 g/mol. The Hall–Kier alpha value is -0.870. The van der Waals surface area contributed by atoms with E-state index < -0.39 is 0 Å². The molecule has 1 N–H and O–H groups in total. The van der Waals surface area contributed by atoms with Gasteiger partial charge in [0.15, 0.2) is 11.5 Å². The number of rotatable bonds is 7. The molecule has 3 nitrogen and oxygen atoms in total. The van der Waals surface area contributed by atoms with Crippen LogP contribution >= 0.6 is 11.8 Å². The minimum absolute atomic E-state index is 0.211. The van der Waals surface area contributed by atoms with Crippen molar-refractivity contribution in [2.24, 2.45) is 5.92 Å². The monoisotopic (exact) mass is 295 g/mol. The van der Waals surface area contributed by atoms with Gasteiger partial charge in [-0.05, 0) is 56.6 Å². The van der Waals surface area contributed by atoms with Crippen LogP contribution in [0, 0.1) is 5.92 Å².